The van der Waals surface area contributed by atoms with E-state index >= 15 is 0 Å². The Labute approximate surface area is 122 Å². The van der Waals surface area contributed by atoms with Gasteiger partial charge in [-0.1, -0.05) is 29.8 Å². The van der Waals surface area contributed by atoms with Gasteiger partial charge < -0.3 is 20.3 Å². The average molecular weight is 294 g/mol. The molecule has 106 valence electrons. The van der Waals surface area contributed by atoms with Crippen LogP contribution in [0.2, 0.25) is 5.02 Å². The number of aliphatic hydroxyl groups excluding tert-OH is 1. The van der Waals surface area contributed by atoms with E-state index < -0.39 is 0 Å². The van der Waals surface area contributed by atoms with Crippen LogP contribution < -0.4 is 10.1 Å². The van der Waals surface area contributed by atoms with Crippen molar-refractivity contribution >= 4 is 17.3 Å². The van der Waals surface area contributed by atoms with Gasteiger partial charge in [0.15, 0.2) is 11.5 Å². The third-order valence-corrected chi connectivity index (χ3v) is 3.32. The minimum Gasteiger partial charge on any atom is -0.504 e. The summed E-state index contributed by atoms with van der Waals surface area (Å²) in [5.41, 5.74) is 1.47. The van der Waals surface area contributed by atoms with Gasteiger partial charge in [0.25, 0.3) is 0 Å². The number of ether oxygens (including phenoxy) is 1. The van der Waals surface area contributed by atoms with Crippen LogP contribution in [0.15, 0.2) is 42.5 Å². The topological polar surface area (TPSA) is 61.7 Å². The number of nitrogens with one attached hydrogen (secondary N) is 1. The molecular weight excluding hydrogens is 278 g/mol. The second-order valence-electron chi connectivity index (χ2n) is 4.29. The standard InChI is InChI=1S/C15H16ClNO3/c1-20-15-7-6-10(8-14(15)19)13(9-18)17-12-5-3-2-4-11(12)16/h2-8,13,17-19H,9H2,1H3. The summed E-state index contributed by atoms with van der Waals surface area (Å²) in [4.78, 5) is 0. The Morgan fingerprint density at radius 1 is 1.25 bits per heavy atom. The summed E-state index contributed by atoms with van der Waals surface area (Å²) >= 11 is 6.08. The van der Waals surface area contributed by atoms with Gasteiger partial charge in [-0.2, -0.15) is 0 Å². The quantitative estimate of drug-likeness (QED) is 0.792. The fourth-order valence-electron chi connectivity index (χ4n) is 1.92. The lowest BCUT2D eigenvalue weighted by Crippen LogP contribution is -2.15. The van der Waals surface area contributed by atoms with Crippen LogP contribution in [0.3, 0.4) is 0 Å². The van der Waals surface area contributed by atoms with Gasteiger partial charge in [-0.3, -0.25) is 0 Å². The van der Waals surface area contributed by atoms with Crippen molar-refractivity contribution in [1.29, 1.82) is 0 Å². The first kappa shape index (κ1) is 14.5. The molecule has 0 aliphatic carbocycles. The van der Waals surface area contributed by atoms with Crippen LogP contribution in [0.4, 0.5) is 5.69 Å². The minimum absolute atomic E-state index is 0.0319. The zero-order valence-electron chi connectivity index (χ0n) is 11.0. The number of aliphatic hydroxyl groups is 1. The van der Waals surface area contributed by atoms with Crippen molar-refractivity contribution < 1.29 is 14.9 Å². The number of aromatic hydroxyl groups is 1. The third-order valence-electron chi connectivity index (χ3n) is 2.99. The Balaban J connectivity index is 2.24. The minimum atomic E-state index is -0.369. The van der Waals surface area contributed by atoms with Crippen LogP contribution in [-0.4, -0.2) is 23.9 Å². The van der Waals surface area contributed by atoms with Crippen molar-refractivity contribution in [2.75, 3.05) is 19.0 Å². The number of phenols is 1. The van der Waals surface area contributed by atoms with Crippen LogP contribution in [0.1, 0.15) is 11.6 Å². The molecule has 0 aliphatic rings. The van der Waals surface area contributed by atoms with Crippen molar-refractivity contribution in [2.45, 2.75) is 6.04 Å². The third kappa shape index (κ3) is 3.15. The van der Waals surface area contributed by atoms with Gasteiger partial charge in [-0.15, -0.1) is 0 Å². The number of methoxy groups -OCH3 is 1. The lowest BCUT2D eigenvalue weighted by Gasteiger charge is -2.19. The van der Waals surface area contributed by atoms with E-state index in [0.717, 1.165) is 11.3 Å². The normalized spacial score (nSPS) is 11.9. The maximum absolute atomic E-state index is 9.80. The molecule has 2 aromatic carbocycles. The highest BCUT2D eigenvalue weighted by atomic mass is 35.5. The summed E-state index contributed by atoms with van der Waals surface area (Å²) in [5, 5.41) is 23.0. The molecule has 0 spiro atoms. The summed E-state index contributed by atoms with van der Waals surface area (Å²) in [5.74, 6) is 0.424. The number of para-hydroxylation sites is 1. The Bertz CT molecular complexity index is 589. The molecule has 1 atom stereocenters. The first-order valence-electron chi connectivity index (χ1n) is 6.14. The molecule has 0 fully saturated rings. The molecule has 0 saturated carbocycles. The van der Waals surface area contributed by atoms with Crippen molar-refractivity contribution in [1.82, 2.24) is 0 Å². The molecule has 0 saturated heterocycles. The van der Waals surface area contributed by atoms with E-state index in [1.807, 2.05) is 18.2 Å². The van der Waals surface area contributed by atoms with Gasteiger partial charge in [0.2, 0.25) is 0 Å². The highest BCUT2D eigenvalue weighted by Crippen LogP contribution is 2.31. The van der Waals surface area contributed by atoms with Crippen LogP contribution in [0.5, 0.6) is 11.5 Å². The first-order chi connectivity index (χ1) is 9.65. The van der Waals surface area contributed by atoms with E-state index in [-0.39, 0.29) is 18.4 Å². The van der Waals surface area contributed by atoms with Gasteiger partial charge in [0.05, 0.1) is 30.5 Å². The number of phenolic OH excluding ortho intramolecular Hbond substituents is 1. The second-order valence-corrected chi connectivity index (χ2v) is 4.70. The number of hydrogen-bond acceptors (Lipinski definition) is 4. The van der Waals surface area contributed by atoms with Gasteiger partial charge in [0, 0.05) is 0 Å². The average Bonchev–Trinajstić information content (AvgIpc) is 2.46. The van der Waals surface area contributed by atoms with E-state index in [0.29, 0.717) is 10.8 Å². The number of halogens is 1. The predicted molar refractivity (Wildman–Crippen MR) is 79.6 cm³/mol. The smallest absolute Gasteiger partial charge is 0.160 e. The zero-order chi connectivity index (χ0) is 14.5. The summed E-state index contributed by atoms with van der Waals surface area (Å²) in [6.07, 6.45) is 0. The molecule has 0 radical (unpaired) electrons. The lowest BCUT2D eigenvalue weighted by molar-refractivity contribution is 0.276. The predicted octanol–water partition coefficient (Wildman–Crippen LogP) is 3.20. The Hall–Kier alpha value is -1.91. The fraction of sp³-hybridized carbons (Fsp3) is 0.200. The molecule has 4 nitrogen and oxygen atoms in total. The molecule has 0 aliphatic heterocycles. The molecule has 5 heteroatoms. The molecule has 20 heavy (non-hydrogen) atoms. The fourth-order valence-corrected chi connectivity index (χ4v) is 2.11. The van der Waals surface area contributed by atoms with Crippen molar-refractivity contribution in [3.05, 3.63) is 53.1 Å². The van der Waals surface area contributed by atoms with Crippen LogP contribution in [0, 0.1) is 0 Å². The van der Waals surface area contributed by atoms with Crippen LogP contribution in [0.25, 0.3) is 0 Å². The summed E-state index contributed by atoms with van der Waals surface area (Å²) < 4.78 is 5.00. The molecule has 1 unspecified atom stereocenters. The molecule has 0 amide bonds. The Kier molecular flexibility index (Phi) is 4.71. The zero-order valence-corrected chi connectivity index (χ0v) is 11.8. The maximum Gasteiger partial charge on any atom is 0.160 e. The van der Waals surface area contributed by atoms with E-state index in [1.54, 1.807) is 24.3 Å². The van der Waals surface area contributed by atoms with Crippen molar-refractivity contribution in [2.24, 2.45) is 0 Å². The van der Waals surface area contributed by atoms with Gasteiger partial charge >= 0.3 is 0 Å². The number of anilines is 1. The van der Waals surface area contributed by atoms with Crippen molar-refractivity contribution in [3.63, 3.8) is 0 Å². The van der Waals surface area contributed by atoms with Crippen molar-refractivity contribution in [3.8, 4) is 11.5 Å². The number of benzene rings is 2. The summed E-state index contributed by atoms with van der Waals surface area (Å²) in [6.45, 7) is -0.128. The van der Waals surface area contributed by atoms with Crippen LogP contribution >= 0.6 is 11.6 Å². The highest BCUT2D eigenvalue weighted by Gasteiger charge is 2.14. The lowest BCUT2D eigenvalue weighted by atomic mass is 10.1. The molecule has 2 aromatic rings. The number of hydrogen-bond donors (Lipinski definition) is 3. The van der Waals surface area contributed by atoms with E-state index in [9.17, 15) is 10.2 Å². The van der Waals surface area contributed by atoms with E-state index in [4.69, 9.17) is 16.3 Å². The SMILES string of the molecule is COc1ccc(C(CO)Nc2ccccc2Cl)cc1O. The Morgan fingerprint density at radius 3 is 2.60 bits per heavy atom. The van der Waals surface area contributed by atoms with Gasteiger partial charge in [-0.25, -0.2) is 0 Å². The van der Waals surface area contributed by atoms with Crippen LogP contribution in [-0.2, 0) is 0 Å². The second kappa shape index (κ2) is 6.50. The molecule has 2 rings (SSSR count). The van der Waals surface area contributed by atoms with Gasteiger partial charge in [0.1, 0.15) is 0 Å². The molecular formula is C15H16ClNO3. The van der Waals surface area contributed by atoms with E-state index in [2.05, 4.69) is 5.32 Å². The molecule has 0 heterocycles. The Morgan fingerprint density at radius 2 is 2.00 bits per heavy atom. The monoisotopic (exact) mass is 293 g/mol. The highest BCUT2D eigenvalue weighted by molar-refractivity contribution is 6.33. The van der Waals surface area contributed by atoms with Gasteiger partial charge in [-0.05, 0) is 29.8 Å². The molecule has 3 N–H and O–H groups in total. The van der Waals surface area contributed by atoms with E-state index in [1.165, 1.54) is 7.11 Å². The maximum atomic E-state index is 9.80. The first-order valence-corrected chi connectivity index (χ1v) is 6.52. The molecule has 0 bridgehead atoms. The molecule has 0 aromatic heterocycles. The largest absolute Gasteiger partial charge is 0.504 e. The summed E-state index contributed by atoms with van der Waals surface area (Å²) in [7, 11) is 1.49. The number of rotatable bonds is 5. The summed E-state index contributed by atoms with van der Waals surface area (Å²) in [6, 6.07) is 11.9.